The van der Waals surface area contributed by atoms with E-state index in [1.54, 1.807) is 6.20 Å². The Hall–Kier alpha value is -1.58. The van der Waals surface area contributed by atoms with Crippen LogP contribution in [0.1, 0.15) is 26.3 Å². The number of pyridine rings is 1. The number of rotatable bonds is 0. The van der Waals surface area contributed by atoms with Crippen LogP contribution in [0.25, 0.3) is 10.9 Å². The van der Waals surface area contributed by atoms with Gasteiger partial charge in [-0.25, -0.2) is 4.98 Å². The van der Waals surface area contributed by atoms with Crippen LogP contribution >= 0.6 is 0 Å². The van der Waals surface area contributed by atoms with Gasteiger partial charge in [0.2, 0.25) is 0 Å². The second-order valence-electron chi connectivity index (χ2n) is 4.47. The van der Waals surface area contributed by atoms with E-state index in [1.165, 1.54) is 0 Å². The third-order valence-corrected chi connectivity index (χ3v) is 2.33. The van der Waals surface area contributed by atoms with Gasteiger partial charge >= 0.3 is 0 Å². The lowest BCUT2D eigenvalue weighted by Crippen LogP contribution is -2.12. The van der Waals surface area contributed by atoms with Crippen molar-refractivity contribution in [2.75, 3.05) is 5.73 Å². The summed E-state index contributed by atoms with van der Waals surface area (Å²) in [6.07, 6.45) is 3.53. The minimum absolute atomic E-state index is 0.0471. The van der Waals surface area contributed by atoms with Crippen molar-refractivity contribution in [1.29, 1.82) is 0 Å². The fourth-order valence-electron chi connectivity index (χ4n) is 1.52. The molecule has 74 valence electrons. The number of aromatic amines is 1. The highest BCUT2D eigenvalue weighted by atomic mass is 15.1. The van der Waals surface area contributed by atoms with Crippen LogP contribution in [0.15, 0.2) is 12.4 Å². The van der Waals surface area contributed by atoms with Gasteiger partial charge in [-0.3, -0.25) is 5.10 Å². The molecule has 0 unspecified atom stereocenters. The number of aromatic nitrogens is 3. The molecule has 0 aromatic carbocycles. The first-order valence-corrected chi connectivity index (χ1v) is 4.58. The summed E-state index contributed by atoms with van der Waals surface area (Å²) in [5.41, 5.74) is 7.92. The molecule has 0 aliphatic heterocycles. The molecule has 14 heavy (non-hydrogen) atoms. The number of fused-ring (bicyclic) bond motifs is 1. The largest absolute Gasteiger partial charge is 0.383 e. The van der Waals surface area contributed by atoms with Gasteiger partial charge in [0.1, 0.15) is 5.82 Å². The van der Waals surface area contributed by atoms with Crippen molar-refractivity contribution in [3.8, 4) is 0 Å². The van der Waals surface area contributed by atoms with Gasteiger partial charge in [0.05, 0.1) is 17.1 Å². The van der Waals surface area contributed by atoms with Crippen molar-refractivity contribution in [2.45, 2.75) is 26.2 Å². The second kappa shape index (κ2) is 2.70. The highest BCUT2D eigenvalue weighted by Gasteiger charge is 2.19. The SMILES string of the molecule is CC(C)(C)c1cnc(N)c2cn[nH]c12. The fourth-order valence-corrected chi connectivity index (χ4v) is 1.52. The molecular weight excluding hydrogens is 176 g/mol. The van der Waals surface area contributed by atoms with E-state index >= 15 is 0 Å². The summed E-state index contributed by atoms with van der Waals surface area (Å²) in [6, 6.07) is 0. The van der Waals surface area contributed by atoms with Crippen LogP contribution in [0, 0.1) is 0 Å². The standard InChI is InChI=1S/C10H14N4/c1-10(2,3)7-5-12-9(11)6-4-13-14-8(6)7/h4-5H,1-3H3,(H2,11,12)(H,13,14). The Kier molecular flexibility index (Phi) is 1.74. The molecule has 0 aliphatic rings. The first-order valence-electron chi connectivity index (χ1n) is 4.58. The molecule has 0 saturated carbocycles. The molecule has 2 aromatic rings. The third kappa shape index (κ3) is 1.23. The summed E-state index contributed by atoms with van der Waals surface area (Å²) >= 11 is 0. The van der Waals surface area contributed by atoms with E-state index in [0.717, 1.165) is 16.5 Å². The molecule has 0 spiro atoms. The molecule has 3 N–H and O–H groups in total. The van der Waals surface area contributed by atoms with Gasteiger partial charge in [-0.1, -0.05) is 20.8 Å². The van der Waals surface area contributed by atoms with Gasteiger partial charge in [0.25, 0.3) is 0 Å². The number of anilines is 1. The van der Waals surface area contributed by atoms with Crippen LogP contribution < -0.4 is 5.73 Å². The number of nitrogens with one attached hydrogen (secondary N) is 1. The molecule has 0 aliphatic carbocycles. The molecule has 0 fully saturated rings. The normalized spacial score (nSPS) is 12.2. The Bertz CT molecular complexity index is 464. The monoisotopic (exact) mass is 190 g/mol. The number of hydrogen-bond acceptors (Lipinski definition) is 3. The Morgan fingerprint density at radius 1 is 1.29 bits per heavy atom. The van der Waals surface area contributed by atoms with Crippen LogP contribution in [0.4, 0.5) is 5.82 Å². The zero-order valence-electron chi connectivity index (χ0n) is 8.63. The van der Waals surface area contributed by atoms with Crippen LogP contribution in [0.5, 0.6) is 0 Å². The van der Waals surface area contributed by atoms with Gasteiger partial charge in [-0.15, -0.1) is 0 Å². The summed E-state index contributed by atoms with van der Waals surface area (Å²) in [7, 11) is 0. The van der Waals surface area contributed by atoms with E-state index in [4.69, 9.17) is 5.73 Å². The first kappa shape index (κ1) is 8.99. The highest BCUT2D eigenvalue weighted by molar-refractivity contribution is 5.90. The zero-order chi connectivity index (χ0) is 10.3. The van der Waals surface area contributed by atoms with Crippen LogP contribution in [-0.2, 0) is 5.41 Å². The Morgan fingerprint density at radius 2 is 2.00 bits per heavy atom. The van der Waals surface area contributed by atoms with Crippen LogP contribution in [0.3, 0.4) is 0 Å². The second-order valence-corrected chi connectivity index (χ2v) is 4.47. The minimum Gasteiger partial charge on any atom is -0.383 e. The average molecular weight is 190 g/mol. The zero-order valence-corrected chi connectivity index (χ0v) is 8.63. The molecular formula is C10H14N4. The maximum Gasteiger partial charge on any atom is 0.134 e. The maximum absolute atomic E-state index is 5.74. The van der Waals surface area contributed by atoms with Gasteiger partial charge in [-0.2, -0.15) is 5.10 Å². The molecule has 0 radical (unpaired) electrons. The predicted octanol–water partition coefficient (Wildman–Crippen LogP) is 1.84. The molecule has 4 nitrogen and oxygen atoms in total. The first-order chi connectivity index (χ1) is 6.50. The predicted molar refractivity (Wildman–Crippen MR) is 57.0 cm³/mol. The number of nitrogen functional groups attached to an aromatic ring is 1. The average Bonchev–Trinajstić information content (AvgIpc) is 2.50. The molecule has 0 amide bonds. The van der Waals surface area contributed by atoms with Crippen LogP contribution in [0.2, 0.25) is 0 Å². The third-order valence-electron chi connectivity index (χ3n) is 2.33. The summed E-state index contributed by atoms with van der Waals surface area (Å²) < 4.78 is 0. The van der Waals surface area contributed by atoms with Gasteiger partial charge in [-0.05, 0) is 5.41 Å². The Morgan fingerprint density at radius 3 is 2.64 bits per heavy atom. The molecule has 4 heteroatoms. The molecule has 2 aromatic heterocycles. The Labute approximate surface area is 82.5 Å². The van der Waals surface area contributed by atoms with Crippen molar-refractivity contribution in [3.63, 3.8) is 0 Å². The van der Waals surface area contributed by atoms with Gasteiger partial charge in [0, 0.05) is 11.8 Å². The van der Waals surface area contributed by atoms with Gasteiger partial charge < -0.3 is 5.73 Å². The summed E-state index contributed by atoms with van der Waals surface area (Å²) in [5.74, 6) is 0.529. The lowest BCUT2D eigenvalue weighted by molar-refractivity contribution is 0.592. The lowest BCUT2D eigenvalue weighted by atomic mass is 9.87. The summed E-state index contributed by atoms with van der Waals surface area (Å²) in [5, 5.41) is 7.86. The van der Waals surface area contributed by atoms with E-state index in [2.05, 4.69) is 36.0 Å². The van der Waals surface area contributed by atoms with E-state index in [1.807, 2.05) is 6.20 Å². The van der Waals surface area contributed by atoms with Crippen molar-refractivity contribution < 1.29 is 0 Å². The fraction of sp³-hybridized carbons (Fsp3) is 0.400. The van der Waals surface area contributed by atoms with E-state index in [9.17, 15) is 0 Å². The van der Waals surface area contributed by atoms with Crippen molar-refractivity contribution in [2.24, 2.45) is 0 Å². The number of H-pyrrole nitrogens is 1. The van der Waals surface area contributed by atoms with Crippen molar-refractivity contribution >= 4 is 16.7 Å². The smallest absolute Gasteiger partial charge is 0.134 e. The molecule has 2 heterocycles. The Balaban J connectivity index is 2.80. The minimum atomic E-state index is 0.0471. The van der Waals surface area contributed by atoms with Crippen LogP contribution in [-0.4, -0.2) is 15.2 Å². The molecule has 0 saturated heterocycles. The number of nitrogens with zero attached hydrogens (tertiary/aromatic N) is 2. The number of nitrogens with two attached hydrogens (primary N) is 1. The lowest BCUT2D eigenvalue weighted by Gasteiger charge is -2.19. The topological polar surface area (TPSA) is 67.6 Å². The summed E-state index contributed by atoms with van der Waals surface area (Å²) in [6.45, 7) is 6.42. The van der Waals surface area contributed by atoms with E-state index in [0.29, 0.717) is 5.82 Å². The summed E-state index contributed by atoms with van der Waals surface area (Å²) in [4.78, 5) is 4.16. The van der Waals surface area contributed by atoms with Gasteiger partial charge in [0.15, 0.2) is 0 Å². The molecule has 2 rings (SSSR count). The molecule has 0 bridgehead atoms. The highest BCUT2D eigenvalue weighted by Crippen LogP contribution is 2.29. The van der Waals surface area contributed by atoms with Crippen molar-refractivity contribution in [1.82, 2.24) is 15.2 Å². The van der Waals surface area contributed by atoms with E-state index in [-0.39, 0.29) is 5.41 Å². The van der Waals surface area contributed by atoms with E-state index < -0.39 is 0 Å². The maximum atomic E-state index is 5.74. The quantitative estimate of drug-likeness (QED) is 0.666. The van der Waals surface area contributed by atoms with Crippen molar-refractivity contribution in [3.05, 3.63) is 18.0 Å². The number of hydrogen-bond donors (Lipinski definition) is 2. The molecule has 0 atom stereocenters.